The number of hydrogen-bond acceptors (Lipinski definition) is 9. The van der Waals surface area contributed by atoms with Gasteiger partial charge in [-0.15, -0.1) is 10.2 Å². The molecular weight excluding hydrogens is 368 g/mol. The Morgan fingerprint density at radius 3 is 2.76 bits per heavy atom. The summed E-state index contributed by atoms with van der Waals surface area (Å²) in [6.45, 7) is 0. The highest BCUT2D eigenvalue weighted by atomic mass is 15.2. The molecule has 29 heavy (non-hydrogen) atoms. The number of aromatic nitrogens is 6. The zero-order valence-corrected chi connectivity index (χ0v) is 16.1. The maximum absolute atomic E-state index is 8.85. The van der Waals surface area contributed by atoms with E-state index in [1.807, 2.05) is 25.4 Å². The van der Waals surface area contributed by atoms with E-state index in [0.29, 0.717) is 11.6 Å². The Morgan fingerprint density at radius 2 is 2.07 bits per heavy atom. The van der Waals surface area contributed by atoms with Crippen LogP contribution in [0.3, 0.4) is 0 Å². The number of nitrogens with two attached hydrogens (primary N) is 1. The summed E-state index contributed by atoms with van der Waals surface area (Å²) in [6.07, 6.45) is 10.7. The van der Waals surface area contributed by atoms with Gasteiger partial charge in [0.2, 0.25) is 0 Å². The molecule has 1 aliphatic rings. The summed E-state index contributed by atoms with van der Waals surface area (Å²) >= 11 is 0. The molecule has 10 heteroatoms. The zero-order chi connectivity index (χ0) is 20.2. The van der Waals surface area contributed by atoms with Gasteiger partial charge in [-0.3, -0.25) is 4.68 Å². The minimum atomic E-state index is 0.212. The number of anilines is 3. The molecule has 1 aliphatic carbocycles. The minimum absolute atomic E-state index is 0.212. The Kier molecular flexibility index (Phi) is 5.31. The highest BCUT2D eigenvalue weighted by Crippen LogP contribution is 2.30. The second-order valence-electron chi connectivity index (χ2n) is 7.19. The molecule has 1 fully saturated rings. The van der Waals surface area contributed by atoms with E-state index in [1.54, 1.807) is 10.9 Å². The summed E-state index contributed by atoms with van der Waals surface area (Å²) in [5.74, 6) is 1.01. The smallest absolute Gasteiger partial charge is 0.158 e. The molecule has 2 unspecified atom stereocenters. The molecule has 0 saturated heterocycles. The van der Waals surface area contributed by atoms with E-state index in [-0.39, 0.29) is 17.8 Å². The van der Waals surface area contributed by atoms with Crippen molar-refractivity contribution in [3.8, 4) is 17.3 Å². The summed E-state index contributed by atoms with van der Waals surface area (Å²) in [4.78, 5) is 8.18. The van der Waals surface area contributed by atoms with Crippen LogP contribution in [-0.2, 0) is 7.05 Å². The number of nitrogens with one attached hydrogen (secondary N) is 2. The summed E-state index contributed by atoms with van der Waals surface area (Å²) in [5.41, 5.74) is 8.88. The van der Waals surface area contributed by atoms with E-state index >= 15 is 0 Å². The molecule has 0 bridgehead atoms. The first kappa shape index (κ1) is 18.8. The highest BCUT2D eigenvalue weighted by molar-refractivity contribution is 5.75. The monoisotopic (exact) mass is 390 g/mol. The van der Waals surface area contributed by atoms with Crippen LogP contribution < -0.4 is 16.4 Å². The van der Waals surface area contributed by atoms with Crippen molar-refractivity contribution in [3.05, 3.63) is 36.5 Å². The third-order valence-corrected chi connectivity index (χ3v) is 4.87. The van der Waals surface area contributed by atoms with Crippen molar-refractivity contribution in [2.75, 3.05) is 10.6 Å². The molecule has 3 aromatic rings. The zero-order valence-electron chi connectivity index (χ0n) is 16.1. The first-order valence-electron chi connectivity index (χ1n) is 9.49. The van der Waals surface area contributed by atoms with Crippen molar-refractivity contribution in [1.29, 1.82) is 5.26 Å². The molecule has 4 N–H and O–H groups in total. The van der Waals surface area contributed by atoms with Gasteiger partial charge in [-0.1, -0.05) is 0 Å². The Hall–Kier alpha value is -3.58. The van der Waals surface area contributed by atoms with Gasteiger partial charge in [-0.25, -0.2) is 9.97 Å². The molecule has 0 spiro atoms. The van der Waals surface area contributed by atoms with Crippen LogP contribution in [-0.4, -0.2) is 42.0 Å². The first-order valence-corrected chi connectivity index (χ1v) is 9.49. The number of nitriles is 1. The van der Waals surface area contributed by atoms with E-state index in [9.17, 15) is 0 Å². The van der Waals surface area contributed by atoms with E-state index in [2.05, 4.69) is 35.9 Å². The van der Waals surface area contributed by atoms with Crippen LogP contribution in [0, 0.1) is 11.3 Å². The van der Waals surface area contributed by atoms with E-state index in [1.165, 1.54) is 12.4 Å². The van der Waals surface area contributed by atoms with Gasteiger partial charge >= 0.3 is 0 Å². The highest BCUT2D eigenvalue weighted by Gasteiger charge is 2.21. The van der Waals surface area contributed by atoms with Gasteiger partial charge in [-0.05, 0) is 25.7 Å². The molecule has 1 saturated carbocycles. The van der Waals surface area contributed by atoms with Crippen LogP contribution in [0.5, 0.6) is 0 Å². The third kappa shape index (κ3) is 4.47. The fraction of sp³-hybridized carbons (Fsp3) is 0.368. The fourth-order valence-electron chi connectivity index (χ4n) is 3.48. The standard InChI is InChI=1S/C19H22N10/c1-29-11-12(8-24-29)19-16(25-14-4-2-3-13(21)5-14)6-17(27-28-19)26-18-10-22-15(7-20)9-23-18/h6,8-11,13-14H,2-5,21H2,1H3,(H2,23,25,26,27). The number of nitrogens with zero attached hydrogens (tertiary/aromatic N) is 7. The predicted octanol–water partition coefficient (Wildman–Crippen LogP) is 1.96. The number of hydrogen-bond donors (Lipinski definition) is 3. The molecule has 3 heterocycles. The van der Waals surface area contributed by atoms with Gasteiger partial charge in [-0.2, -0.15) is 10.4 Å². The van der Waals surface area contributed by atoms with Gasteiger partial charge in [0, 0.05) is 37.0 Å². The molecule has 4 rings (SSSR count). The Balaban J connectivity index is 1.62. The second-order valence-corrected chi connectivity index (χ2v) is 7.19. The average Bonchev–Trinajstić information content (AvgIpc) is 3.15. The fourth-order valence-corrected chi connectivity index (χ4v) is 3.48. The van der Waals surface area contributed by atoms with Gasteiger partial charge in [0.15, 0.2) is 11.5 Å². The summed E-state index contributed by atoms with van der Waals surface area (Å²) in [6, 6.07) is 4.34. The summed E-state index contributed by atoms with van der Waals surface area (Å²) < 4.78 is 1.73. The van der Waals surface area contributed by atoms with Crippen molar-refractivity contribution >= 4 is 17.3 Å². The van der Waals surface area contributed by atoms with Crippen LogP contribution in [0.15, 0.2) is 30.9 Å². The average molecular weight is 390 g/mol. The lowest BCUT2D eigenvalue weighted by Crippen LogP contribution is -2.35. The predicted molar refractivity (Wildman–Crippen MR) is 108 cm³/mol. The van der Waals surface area contributed by atoms with Crippen molar-refractivity contribution in [1.82, 2.24) is 29.9 Å². The molecule has 3 aromatic heterocycles. The van der Waals surface area contributed by atoms with Gasteiger partial charge < -0.3 is 16.4 Å². The van der Waals surface area contributed by atoms with Crippen LogP contribution in [0.1, 0.15) is 31.4 Å². The summed E-state index contributed by atoms with van der Waals surface area (Å²) in [5, 5.41) is 28.5. The molecule has 0 radical (unpaired) electrons. The molecule has 0 aliphatic heterocycles. The Morgan fingerprint density at radius 1 is 1.17 bits per heavy atom. The van der Waals surface area contributed by atoms with Crippen LogP contribution >= 0.6 is 0 Å². The lowest BCUT2D eigenvalue weighted by atomic mass is 9.91. The van der Waals surface area contributed by atoms with Crippen molar-refractivity contribution < 1.29 is 0 Å². The van der Waals surface area contributed by atoms with Gasteiger partial charge in [0.1, 0.15) is 17.6 Å². The first-order chi connectivity index (χ1) is 14.1. The van der Waals surface area contributed by atoms with E-state index in [4.69, 9.17) is 11.0 Å². The number of rotatable bonds is 5. The Labute approximate surface area is 168 Å². The largest absolute Gasteiger partial charge is 0.380 e. The molecular formula is C19H22N10. The van der Waals surface area contributed by atoms with Crippen LogP contribution in [0.25, 0.3) is 11.3 Å². The van der Waals surface area contributed by atoms with Crippen LogP contribution in [0.4, 0.5) is 17.3 Å². The summed E-state index contributed by atoms with van der Waals surface area (Å²) in [7, 11) is 1.86. The molecule has 0 amide bonds. The van der Waals surface area contributed by atoms with Gasteiger partial charge in [0.05, 0.1) is 24.3 Å². The normalized spacial score (nSPS) is 18.8. The molecule has 0 aromatic carbocycles. The van der Waals surface area contributed by atoms with Crippen molar-refractivity contribution in [2.45, 2.75) is 37.8 Å². The maximum Gasteiger partial charge on any atom is 0.158 e. The van der Waals surface area contributed by atoms with E-state index in [0.717, 1.165) is 42.6 Å². The topological polar surface area (TPSA) is 143 Å². The Bertz CT molecular complexity index is 1020. The molecule has 2 atom stereocenters. The minimum Gasteiger partial charge on any atom is -0.380 e. The van der Waals surface area contributed by atoms with E-state index < -0.39 is 0 Å². The van der Waals surface area contributed by atoms with Gasteiger partial charge in [0.25, 0.3) is 0 Å². The third-order valence-electron chi connectivity index (χ3n) is 4.87. The van der Waals surface area contributed by atoms with Crippen molar-refractivity contribution in [2.24, 2.45) is 12.8 Å². The SMILES string of the molecule is Cn1cc(-c2nnc(Nc3cnc(C#N)cn3)cc2NC2CCCC(N)C2)cn1. The second kappa shape index (κ2) is 8.20. The molecule has 148 valence electrons. The van der Waals surface area contributed by atoms with Crippen molar-refractivity contribution in [3.63, 3.8) is 0 Å². The number of aryl methyl sites for hydroxylation is 1. The lowest BCUT2D eigenvalue weighted by molar-refractivity contribution is 0.409. The quantitative estimate of drug-likeness (QED) is 0.595. The lowest BCUT2D eigenvalue weighted by Gasteiger charge is -2.28. The molecule has 10 nitrogen and oxygen atoms in total. The maximum atomic E-state index is 8.85. The van der Waals surface area contributed by atoms with Crippen LogP contribution in [0.2, 0.25) is 0 Å².